The molecule has 30 heavy (non-hydrogen) atoms. The number of benzene rings is 2. The van der Waals surface area contributed by atoms with Gasteiger partial charge in [-0.25, -0.2) is 5.43 Å². The van der Waals surface area contributed by atoms with E-state index in [1.807, 2.05) is 38.1 Å². The van der Waals surface area contributed by atoms with Crippen LogP contribution in [0, 0.1) is 0 Å². The summed E-state index contributed by atoms with van der Waals surface area (Å²) in [5.41, 5.74) is 5.05. The van der Waals surface area contributed by atoms with Crippen LogP contribution in [-0.2, 0) is 0 Å². The molecule has 3 rings (SSSR count). The van der Waals surface area contributed by atoms with Crippen molar-refractivity contribution >= 4 is 12.1 Å². The molecule has 1 aromatic heterocycles. The summed E-state index contributed by atoms with van der Waals surface area (Å²) in [4.78, 5) is 12.3. The smallest absolute Gasteiger partial charge is 0.289 e. The summed E-state index contributed by atoms with van der Waals surface area (Å²) in [6, 6.07) is 14.5. The molecule has 2 N–H and O–H groups in total. The summed E-state index contributed by atoms with van der Waals surface area (Å²) in [6.45, 7) is 3.94. The Labute approximate surface area is 174 Å². The van der Waals surface area contributed by atoms with Crippen LogP contribution < -0.4 is 19.6 Å². The standard InChI is InChI=1S/C22H24N4O4/c1-14(2)30-17-8-6-16(7-9-17)18-12-19(25-24-18)22(27)26-23-13-15-5-10-20(28-3)21(11-15)29-4/h5-14H,1-4H3,(H,24,25)(H,26,27)/b23-13-. The summed E-state index contributed by atoms with van der Waals surface area (Å²) in [7, 11) is 3.12. The van der Waals surface area contributed by atoms with Crippen LogP contribution in [0.2, 0.25) is 0 Å². The second kappa shape index (κ2) is 9.60. The zero-order valence-electron chi connectivity index (χ0n) is 17.3. The highest BCUT2D eigenvalue weighted by molar-refractivity contribution is 5.94. The van der Waals surface area contributed by atoms with Crippen molar-refractivity contribution < 1.29 is 19.0 Å². The number of carbonyl (C=O) groups is 1. The maximum Gasteiger partial charge on any atom is 0.289 e. The minimum Gasteiger partial charge on any atom is -0.493 e. The number of ether oxygens (including phenoxy) is 3. The highest BCUT2D eigenvalue weighted by Gasteiger charge is 2.11. The maximum atomic E-state index is 12.3. The molecule has 0 atom stereocenters. The minimum absolute atomic E-state index is 0.107. The Morgan fingerprint density at radius 3 is 2.47 bits per heavy atom. The number of hydrogen-bond donors (Lipinski definition) is 2. The van der Waals surface area contributed by atoms with Crippen molar-refractivity contribution in [2.45, 2.75) is 20.0 Å². The number of amides is 1. The number of hydrogen-bond acceptors (Lipinski definition) is 6. The fourth-order valence-electron chi connectivity index (χ4n) is 2.72. The number of carbonyl (C=O) groups excluding carboxylic acids is 1. The molecule has 0 saturated carbocycles. The molecule has 2 aromatic carbocycles. The molecule has 3 aromatic rings. The van der Waals surface area contributed by atoms with Crippen molar-refractivity contribution in [3.8, 4) is 28.5 Å². The predicted octanol–water partition coefficient (Wildman–Crippen LogP) is 3.65. The highest BCUT2D eigenvalue weighted by atomic mass is 16.5. The number of nitrogens with zero attached hydrogens (tertiary/aromatic N) is 2. The largest absolute Gasteiger partial charge is 0.493 e. The number of H-pyrrole nitrogens is 1. The van der Waals surface area contributed by atoms with Gasteiger partial charge in [0.05, 0.1) is 32.2 Å². The molecule has 0 saturated heterocycles. The van der Waals surface area contributed by atoms with Crippen molar-refractivity contribution in [1.29, 1.82) is 0 Å². The Morgan fingerprint density at radius 2 is 1.80 bits per heavy atom. The third-order valence-corrected chi connectivity index (χ3v) is 4.13. The van der Waals surface area contributed by atoms with E-state index in [2.05, 4.69) is 20.7 Å². The molecule has 1 heterocycles. The molecule has 156 valence electrons. The first-order valence-corrected chi connectivity index (χ1v) is 9.38. The topological polar surface area (TPSA) is 97.8 Å². The number of rotatable bonds is 8. The molecule has 0 aliphatic rings. The van der Waals surface area contributed by atoms with Gasteiger partial charge in [0.15, 0.2) is 11.5 Å². The summed E-state index contributed by atoms with van der Waals surface area (Å²) in [5, 5.41) is 10.9. The van der Waals surface area contributed by atoms with E-state index in [-0.39, 0.29) is 6.10 Å². The van der Waals surface area contributed by atoms with Crippen LogP contribution in [0.1, 0.15) is 29.9 Å². The van der Waals surface area contributed by atoms with Gasteiger partial charge >= 0.3 is 0 Å². The summed E-state index contributed by atoms with van der Waals surface area (Å²) in [6.07, 6.45) is 1.63. The van der Waals surface area contributed by atoms with Gasteiger partial charge < -0.3 is 14.2 Å². The third kappa shape index (κ3) is 5.16. The van der Waals surface area contributed by atoms with Gasteiger partial charge in [0.2, 0.25) is 0 Å². The van der Waals surface area contributed by atoms with Crippen LogP contribution in [0.25, 0.3) is 11.3 Å². The average molecular weight is 408 g/mol. The molecular formula is C22H24N4O4. The van der Waals surface area contributed by atoms with Crippen LogP contribution >= 0.6 is 0 Å². The van der Waals surface area contributed by atoms with Crippen LogP contribution in [-0.4, -0.2) is 42.6 Å². The van der Waals surface area contributed by atoms with E-state index >= 15 is 0 Å². The van der Waals surface area contributed by atoms with Crippen LogP contribution in [0.4, 0.5) is 0 Å². The second-order valence-electron chi connectivity index (χ2n) is 6.67. The lowest BCUT2D eigenvalue weighted by Gasteiger charge is -2.09. The van der Waals surface area contributed by atoms with Crippen molar-refractivity contribution in [1.82, 2.24) is 15.6 Å². The Bertz CT molecular complexity index is 1030. The van der Waals surface area contributed by atoms with Gasteiger partial charge in [0.1, 0.15) is 11.4 Å². The normalized spacial score (nSPS) is 11.0. The maximum absolute atomic E-state index is 12.3. The fraction of sp³-hybridized carbons (Fsp3) is 0.227. The van der Waals surface area contributed by atoms with Crippen molar-refractivity contribution in [2.24, 2.45) is 5.10 Å². The molecule has 0 unspecified atom stereocenters. The first-order chi connectivity index (χ1) is 14.5. The molecule has 8 nitrogen and oxygen atoms in total. The Morgan fingerprint density at radius 1 is 1.07 bits per heavy atom. The van der Waals surface area contributed by atoms with Crippen molar-refractivity contribution in [2.75, 3.05) is 14.2 Å². The number of aromatic amines is 1. The van der Waals surface area contributed by atoms with E-state index in [0.29, 0.717) is 22.9 Å². The summed E-state index contributed by atoms with van der Waals surface area (Å²) in [5.74, 6) is 1.58. The molecule has 0 spiro atoms. The lowest BCUT2D eigenvalue weighted by atomic mass is 10.1. The first-order valence-electron chi connectivity index (χ1n) is 9.38. The van der Waals surface area contributed by atoms with Gasteiger partial charge in [-0.05, 0) is 67.9 Å². The molecule has 1 amide bonds. The number of hydrazone groups is 1. The molecule has 0 bridgehead atoms. The lowest BCUT2D eigenvalue weighted by Crippen LogP contribution is -2.18. The van der Waals surface area contributed by atoms with E-state index in [9.17, 15) is 4.79 Å². The highest BCUT2D eigenvalue weighted by Crippen LogP contribution is 2.27. The number of nitrogens with one attached hydrogen (secondary N) is 2. The third-order valence-electron chi connectivity index (χ3n) is 4.13. The molecule has 0 aliphatic carbocycles. The SMILES string of the molecule is COc1ccc(/C=N\NC(=O)c2cc(-c3ccc(OC(C)C)cc3)n[nH]2)cc1OC. The van der Waals surface area contributed by atoms with E-state index in [0.717, 1.165) is 16.9 Å². The van der Waals surface area contributed by atoms with Crippen molar-refractivity contribution in [3.63, 3.8) is 0 Å². The van der Waals surface area contributed by atoms with Gasteiger partial charge in [-0.15, -0.1) is 0 Å². The van der Waals surface area contributed by atoms with Gasteiger partial charge in [-0.1, -0.05) is 0 Å². The molecule has 0 fully saturated rings. The lowest BCUT2D eigenvalue weighted by molar-refractivity contribution is 0.0950. The molecular weight excluding hydrogens is 384 g/mol. The fourth-order valence-corrected chi connectivity index (χ4v) is 2.72. The summed E-state index contributed by atoms with van der Waals surface area (Å²) >= 11 is 0. The monoisotopic (exact) mass is 408 g/mol. The number of aromatic nitrogens is 2. The zero-order valence-corrected chi connectivity index (χ0v) is 17.3. The van der Waals surface area contributed by atoms with Crippen molar-refractivity contribution in [3.05, 3.63) is 59.8 Å². The van der Waals surface area contributed by atoms with Crippen LogP contribution in [0.5, 0.6) is 17.2 Å². The van der Waals surface area contributed by atoms with Gasteiger partial charge in [-0.2, -0.15) is 10.2 Å². The molecule has 0 radical (unpaired) electrons. The van der Waals surface area contributed by atoms with Gasteiger partial charge in [0.25, 0.3) is 5.91 Å². The second-order valence-corrected chi connectivity index (χ2v) is 6.67. The van der Waals surface area contributed by atoms with Crippen LogP contribution in [0.15, 0.2) is 53.6 Å². The Kier molecular flexibility index (Phi) is 6.69. The quantitative estimate of drug-likeness (QED) is 0.438. The van der Waals surface area contributed by atoms with E-state index in [1.165, 1.54) is 6.21 Å². The van der Waals surface area contributed by atoms with Crippen LogP contribution in [0.3, 0.4) is 0 Å². The Hall–Kier alpha value is -3.81. The minimum atomic E-state index is -0.398. The predicted molar refractivity (Wildman–Crippen MR) is 114 cm³/mol. The molecule has 0 aliphatic heterocycles. The van der Waals surface area contributed by atoms with E-state index < -0.39 is 5.91 Å². The van der Waals surface area contributed by atoms with E-state index in [1.54, 1.807) is 38.5 Å². The average Bonchev–Trinajstić information content (AvgIpc) is 3.24. The van der Waals surface area contributed by atoms with Gasteiger partial charge in [-0.3, -0.25) is 9.89 Å². The first kappa shape index (κ1) is 20.9. The number of methoxy groups -OCH3 is 2. The Balaban J connectivity index is 1.63. The van der Waals surface area contributed by atoms with Gasteiger partial charge in [0, 0.05) is 5.56 Å². The van der Waals surface area contributed by atoms with E-state index in [4.69, 9.17) is 14.2 Å². The molecule has 8 heteroatoms. The summed E-state index contributed by atoms with van der Waals surface area (Å²) < 4.78 is 16.1. The zero-order chi connectivity index (χ0) is 21.5.